The molecule has 1 aromatic heterocycles. The second-order valence-electron chi connectivity index (χ2n) is 3.52. The third kappa shape index (κ3) is 2.49. The summed E-state index contributed by atoms with van der Waals surface area (Å²) in [7, 11) is 0. The number of hydrogen-bond acceptors (Lipinski definition) is 3. The summed E-state index contributed by atoms with van der Waals surface area (Å²) in [5.74, 6) is 0.954. The van der Waals surface area contributed by atoms with Crippen LogP contribution in [0, 0.1) is 0 Å². The van der Waals surface area contributed by atoms with Crippen LogP contribution in [0.15, 0.2) is 16.7 Å². The highest BCUT2D eigenvalue weighted by atomic mass is 79.9. The Kier molecular flexibility index (Phi) is 3.26. The zero-order chi connectivity index (χ0) is 10.8. The van der Waals surface area contributed by atoms with E-state index in [0.717, 1.165) is 17.4 Å². The monoisotopic (exact) mass is 288 g/mol. The summed E-state index contributed by atoms with van der Waals surface area (Å²) in [6.07, 6.45) is 3.25. The van der Waals surface area contributed by atoms with Gasteiger partial charge in [-0.05, 0) is 28.4 Å². The maximum Gasteiger partial charge on any atom is 0.152 e. The van der Waals surface area contributed by atoms with Gasteiger partial charge in [0.05, 0.1) is 11.6 Å². The van der Waals surface area contributed by atoms with Gasteiger partial charge >= 0.3 is 0 Å². The molecule has 0 N–H and O–H groups in total. The molecule has 5 heteroatoms. The van der Waals surface area contributed by atoms with Gasteiger partial charge in [-0.25, -0.2) is 4.98 Å². The van der Waals surface area contributed by atoms with Crippen molar-refractivity contribution in [3.8, 4) is 0 Å². The highest BCUT2D eigenvalue weighted by Crippen LogP contribution is 2.27. The van der Waals surface area contributed by atoms with Crippen LogP contribution in [0.4, 0.5) is 5.82 Å². The zero-order valence-electron chi connectivity index (χ0n) is 8.04. The number of piperidine rings is 1. The molecule has 0 radical (unpaired) electrons. The molecule has 1 aromatic rings. The number of halogens is 2. The van der Waals surface area contributed by atoms with Gasteiger partial charge in [0.25, 0.3) is 0 Å². The topological polar surface area (TPSA) is 33.2 Å². The molecule has 1 aliphatic rings. The van der Waals surface area contributed by atoms with Crippen LogP contribution in [-0.4, -0.2) is 23.9 Å². The molecule has 80 valence electrons. The van der Waals surface area contributed by atoms with Crippen LogP contribution in [0.3, 0.4) is 0 Å². The summed E-state index contributed by atoms with van der Waals surface area (Å²) in [6.45, 7) is 1.27. The third-order valence-electron chi connectivity index (χ3n) is 2.34. The van der Waals surface area contributed by atoms with Gasteiger partial charge in [-0.1, -0.05) is 11.6 Å². The number of Topliss-reactive ketones (excluding diaryl/α,β-unsaturated/α-hetero) is 1. The molecule has 0 amide bonds. The minimum absolute atomic E-state index is 0.252. The van der Waals surface area contributed by atoms with Gasteiger partial charge in [0.15, 0.2) is 5.78 Å². The van der Waals surface area contributed by atoms with Gasteiger partial charge in [-0.15, -0.1) is 0 Å². The van der Waals surface area contributed by atoms with E-state index < -0.39 is 0 Å². The Morgan fingerprint density at radius 1 is 1.53 bits per heavy atom. The molecule has 2 heterocycles. The predicted octanol–water partition coefficient (Wildman–Crippen LogP) is 2.67. The van der Waals surface area contributed by atoms with E-state index in [2.05, 4.69) is 20.9 Å². The smallest absolute Gasteiger partial charge is 0.152 e. The van der Waals surface area contributed by atoms with Crippen LogP contribution in [0.2, 0.25) is 5.02 Å². The van der Waals surface area contributed by atoms with E-state index in [1.165, 1.54) is 0 Å². The lowest BCUT2D eigenvalue weighted by Gasteiger charge is -2.27. The summed E-state index contributed by atoms with van der Waals surface area (Å²) < 4.78 is 0.847. The average Bonchev–Trinajstić information content (AvgIpc) is 2.17. The standard InChI is InChI=1S/C10H10BrClN2O/c11-7-4-9(12)10(13-5-7)14-3-1-2-8(15)6-14/h4-5H,1-3,6H2. The molecule has 0 aliphatic carbocycles. The number of pyridine rings is 1. The van der Waals surface area contributed by atoms with Crippen LogP contribution in [0.1, 0.15) is 12.8 Å². The first kappa shape index (κ1) is 10.9. The molecule has 15 heavy (non-hydrogen) atoms. The molecule has 0 spiro atoms. The molecule has 2 rings (SSSR count). The first-order valence-electron chi connectivity index (χ1n) is 4.74. The number of carbonyl (C=O) groups is 1. The molecular weight excluding hydrogens is 279 g/mol. The maximum atomic E-state index is 11.3. The fourth-order valence-corrected chi connectivity index (χ4v) is 2.41. The van der Waals surface area contributed by atoms with E-state index in [9.17, 15) is 4.79 Å². The summed E-state index contributed by atoms with van der Waals surface area (Å²) in [4.78, 5) is 17.5. The van der Waals surface area contributed by atoms with Crippen LogP contribution in [0.25, 0.3) is 0 Å². The number of ketones is 1. The Labute approximate surface area is 102 Å². The van der Waals surface area contributed by atoms with E-state index in [0.29, 0.717) is 23.8 Å². The van der Waals surface area contributed by atoms with E-state index in [4.69, 9.17) is 11.6 Å². The van der Waals surface area contributed by atoms with Crippen LogP contribution >= 0.6 is 27.5 Å². The third-order valence-corrected chi connectivity index (χ3v) is 3.05. The molecule has 1 aliphatic heterocycles. The first-order valence-corrected chi connectivity index (χ1v) is 5.91. The first-order chi connectivity index (χ1) is 7.16. The lowest BCUT2D eigenvalue weighted by Crippen LogP contribution is -2.36. The Hall–Kier alpha value is -0.610. The Morgan fingerprint density at radius 2 is 2.33 bits per heavy atom. The summed E-state index contributed by atoms with van der Waals surface area (Å²) in [5, 5.41) is 0.582. The highest BCUT2D eigenvalue weighted by Gasteiger charge is 2.19. The Bertz CT molecular complexity index is 397. The fourth-order valence-electron chi connectivity index (χ4n) is 1.66. The van der Waals surface area contributed by atoms with Crippen molar-refractivity contribution in [1.29, 1.82) is 0 Å². The van der Waals surface area contributed by atoms with Gasteiger partial charge in [-0.2, -0.15) is 0 Å². The average molecular weight is 290 g/mol. The Morgan fingerprint density at radius 3 is 3.00 bits per heavy atom. The summed E-state index contributed by atoms with van der Waals surface area (Å²) in [5.41, 5.74) is 0. The lowest BCUT2D eigenvalue weighted by molar-refractivity contribution is -0.118. The number of nitrogens with zero attached hydrogens (tertiary/aromatic N) is 2. The van der Waals surface area contributed by atoms with Crippen molar-refractivity contribution in [3.05, 3.63) is 21.8 Å². The molecule has 0 unspecified atom stereocenters. The largest absolute Gasteiger partial charge is 0.348 e. The number of carbonyl (C=O) groups excluding carboxylic acids is 1. The van der Waals surface area contributed by atoms with Gasteiger partial charge in [0.2, 0.25) is 0 Å². The van der Waals surface area contributed by atoms with Gasteiger partial charge in [0.1, 0.15) is 5.82 Å². The van der Waals surface area contributed by atoms with Crippen molar-refractivity contribution in [2.45, 2.75) is 12.8 Å². The number of hydrogen-bond donors (Lipinski definition) is 0. The number of rotatable bonds is 1. The summed E-state index contributed by atoms with van der Waals surface area (Å²) in [6, 6.07) is 1.79. The number of aromatic nitrogens is 1. The predicted molar refractivity (Wildman–Crippen MR) is 63.4 cm³/mol. The molecular formula is C10H10BrClN2O. The van der Waals surface area contributed by atoms with Crippen molar-refractivity contribution in [3.63, 3.8) is 0 Å². The van der Waals surface area contributed by atoms with Crippen molar-refractivity contribution in [2.75, 3.05) is 18.0 Å². The van der Waals surface area contributed by atoms with E-state index in [1.807, 2.05) is 4.90 Å². The number of anilines is 1. The van der Waals surface area contributed by atoms with Crippen LogP contribution in [0.5, 0.6) is 0 Å². The lowest BCUT2D eigenvalue weighted by atomic mass is 10.1. The zero-order valence-corrected chi connectivity index (χ0v) is 10.4. The molecule has 0 bridgehead atoms. The molecule has 0 aromatic carbocycles. The Balaban J connectivity index is 2.24. The molecule has 1 saturated heterocycles. The molecule has 1 fully saturated rings. The van der Waals surface area contributed by atoms with Crippen LogP contribution < -0.4 is 4.90 Å². The minimum atomic E-state index is 0.252. The SMILES string of the molecule is O=C1CCCN(c2ncc(Br)cc2Cl)C1. The van der Waals surface area contributed by atoms with Gasteiger partial charge < -0.3 is 4.90 Å². The van der Waals surface area contributed by atoms with Crippen molar-refractivity contribution >= 4 is 39.1 Å². The summed E-state index contributed by atoms with van der Waals surface area (Å²) >= 11 is 9.36. The maximum absolute atomic E-state index is 11.3. The van der Waals surface area contributed by atoms with E-state index in [-0.39, 0.29) is 5.78 Å². The van der Waals surface area contributed by atoms with E-state index in [1.54, 1.807) is 12.3 Å². The van der Waals surface area contributed by atoms with Crippen molar-refractivity contribution < 1.29 is 4.79 Å². The highest BCUT2D eigenvalue weighted by molar-refractivity contribution is 9.10. The second-order valence-corrected chi connectivity index (χ2v) is 4.85. The van der Waals surface area contributed by atoms with E-state index >= 15 is 0 Å². The molecule has 0 saturated carbocycles. The van der Waals surface area contributed by atoms with Crippen molar-refractivity contribution in [1.82, 2.24) is 4.98 Å². The molecule has 3 nitrogen and oxygen atoms in total. The minimum Gasteiger partial charge on any atom is -0.348 e. The quantitative estimate of drug-likeness (QED) is 0.797. The van der Waals surface area contributed by atoms with Crippen molar-refractivity contribution in [2.24, 2.45) is 0 Å². The van der Waals surface area contributed by atoms with Gasteiger partial charge in [0, 0.05) is 23.6 Å². The normalized spacial score (nSPS) is 16.9. The second kappa shape index (κ2) is 4.49. The van der Waals surface area contributed by atoms with Gasteiger partial charge in [-0.3, -0.25) is 4.79 Å². The van der Waals surface area contributed by atoms with Crippen LogP contribution in [-0.2, 0) is 4.79 Å². The fraction of sp³-hybridized carbons (Fsp3) is 0.400. The molecule has 0 atom stereocenters.